The maximum atomic E-state index is 4.44. The Morgan fingerprint density at radius 2 is 1.82 bits per heavy atom. The van der Waals surface area contributed by atoms with Crippen LogP contribution < -0.4 is 15.5 Å². The van der Waals surface area contributed by atoms with E-state index in [4.69, 9.17) is 0 Å². The predicted molar refractivity (Wildman–Crippen MR) is 130 cm³/mol. The molecule has 0 bridgehead atoms. The van der Waals surface area contributed by atoms with Gasteiger partial charge in [0.05, 0.1) is 0 Å². The maximum absolute atomic E-state index is 4.44. The average molecular weight is 500 g/mol. The number of aryl methyl sites for hydroxylation is 1. The van der Waals surface area contributed by atoms with E-state index in [-0.39, 0.29) is 24.0 Å². The third kappa shape index (κ3) is 6.49. The predicted octanol–water partition coefficient (Wildman–Crippen LogP) is 1.99. The Hall–Kier alpha value is -1.06. The highest BCUT2D eigenvalue weighted by Crippen LogP contribution is 2.20. The molecule has 1 aromatic rings. The van der Waals surface area contributed by atoms with E-state index in [0.29, 0.717) is 12.1 Å². The summed E-state index contributed by atoms with van der Waals surface area (Å²) in [6, 6.07) is 9.79. The molecule has 0 aliphatic carbocycles. The van der Waals surface area contributed by atoms with Crippen LogP contribution in [0.5, 0.6) is 0 Å². The van der Waals surface area contributed by atoms with Crippen LogP contribution in [0, 0.1) is 6.92 Å². The molecule has 0 saturated carbocycles. The van der Waals surface area contributed by atoms with E-state index in [1.807, 2.05) is 7.05 Å². The average Bonchev–Trinajstić information content (AvgIpc) is 3.14. The number of hydrogen-bond acceptors (Lipinski definition) is 4. The number of hydrogen-bond donors (Lipinski definition) is 2. The van der Waals surface area contributed by atoms with Crippen molar-refractivity contribution in [2.75, 3.05) is 64.8 Å². The van der Waals surface area contributed by atoms with E-state index in [1.165, 1.54) is 11.3 Å². The smallest absolute Gasteiger partial charge is 0.191 e. The normalized spacial score (nSPS) is 22.6. The molecule has 2 unspecified atom stereocenters. The summed E-state index contributed by atoms with van der Waals surface area (Å²) < 4.78 is 0. The van der Waals surface area contributed by atoms with Crippen LogP contribution in [0.1, 0.15) is 18.9 Å². The number of aliphatic imine (C=N–C) groups is 1. The Morgan fingerprint density at radius 1 is 1.14 bits per heavy atom. The van der Waals surface area contributed by atoms with Crippen LogP contribution >= 0.6 is 24.0 Å². The summed E-state index contributed by atoms with van der Waals surface area (Å²) in [6.45, 7) is 12.1. The Labute approximate surface area is 187 Å². The summed E-state index contributed by atoms with van der Waals surface area (Å²) >= 11 is 0. The third-order valence-corrected chi connectivity index (χ3v) is 5.88. The lowest BCUT2D eigenvalue weighted by Gasteiger charge is -2.36. The molecule has 2 N–H and O–H groups in total. The molecule has 2 heterocycles. The fourth-order valence-corrected chi connectivity index (χ4v) is 3.89. The van der Waals surface area contributed by atoms with Gasteiger partial charge in [-0.2, -0.15) is 0 Å². The molecule has 3 rings (SSSR count). The molecule has 158 valence electrons. The zero-order valence-corrected chi connectivity index (χ0v) is 20.1. The Balaban J connectivity index is 0.00000280. The van der Waals surface area contributed by atoms with Crippen LogP contribution in [0.25, 0.3) is 0 Å². The summed E-state index contributed by atoms with van der Waals surface area (Å²) in [5, 5.41) is 7.14. The first-order valence-corrected chi connectivity index (χ1v) is 10.3. The van der Waals surface area contributed by atoms with Crippen molar-refractivity contribution in [3.05, 3.63) is 29.8 Å². The number of piperazine rings is 1. The standard InChI is InChI=1S/C21H36N6.HI/c1-17-5-7-20(8-6-17)27-10-9-19(16-27)24-21(22-3)23-15-18(2)26-13-11-25(4)12-14-26;/h5-8,18-19H,9-16H2,1-4H3,(H2,22,23,24);1H. The molecule has 1 aromatic carbocycles. The molecule has 7 heteroatoms. The molecule has 28 heavy (non-hydrogen) atoms. The van der Waals surface area contributed by atoms with Gasteiger partial charge in [0.1, 0.15) is 0 Å². The van der Waals surface area contributed by atoms with Crippen LogP contribution in [0.3, 0.4) is 0 Å². The quantitative estimate of drug-likeness (QED) is 0.368. The van der Waals surface area contributed by atoms with Crippen molar-refractivity contribution >= 4 is 35.6 Å². The van der Waals surface area contributed by atoms with Gasteiger partial charge in [-0.25, -0.2) is 0 Å². The van der Waals surface area contributed by atoms with Crippen LogP contribution in [0.15, 0.2) is 29.3 Å². The molecule has 0 spiro atoms. The highest BCUT2D eigenvalue weighted by Gasteiger charge is 2.24. The van der Waals surface area contributed by atoms with E-state index in [0.717, 1.165) is 58.2 Å². The molecule has 2 saturated heterocycles. The van der Waals surface area contributed by atoms with Gasteiger partial charge in [0.15, 0.2) is 5.96 Å². The second-order valence-corrected chi connectivity index (χ2v) is 8.05. The van der Waals surface area contributed by atoms with Gasteiger partial charge in [0.25, 0.3) is 0 Å². The molecule has 6 nitrogen and oxygen atoms in total. The summed E-state index contributed by atoms with van der Waals surface area (Å²) in [4.78, 5) is 11.9. The van der Waals surface area contributed by atoms with Crippen LogP contribution in [0.4, 0.5) is 5.69 Å². The number of halogens is 1. The fraction of sp³-hybridized carbons (Fsp3) is 0.667. The van der Waals surface area contributed by atoms with E-state index in [9.17, 15) is 0 Å². The SMILES string of the molecule is CN=C(NCC(C)N1CCN(C)CC1)NC1CCN(c2ccc(C)cc2)C1.I. The number of guanidine groups is 1. The first-order chi connectivity index (χ1) is 13.0. The lowest BCUT2D eigenvalue weighted by atomic mass is 10.2. The Bertz CT molecular complexity index is 612. The lowest BCUT2D eigenvalue weighted by Crippen LogP contribution is -2.53. The number of nitrogens with one attached hydrogen (secondary N) is 2. The second-order valence-electron chi connectivity index (χ2n) is 8.05. The van der Waals surface area contributed by atoms with Crippen LogP contribution in [-0.4, -0.2) is 87.8 Å². The highest BCUT2D eigenvalue weighted by molar-refractivity contribution is 14.0. The molecule has 2 fully saturated rings. The summed E-state index contributed by atoms with van der Waals surface area (Å²) in [6.07, 6.45) is 1.14. The van der Waals surface area contributed by atoms with E-state index in [2.05, 4.69) is 75.5 Å². The van der Waals surface area contributed by atoms with Crippen LogP contribution in [0.2, 0.25) is 0 Å². The number of nitrogens with zero attached hydrogens (tertiary/aromatic N) is 4. The Kier molecular flexibility index (Phi) is 9.30. The van der Waals surface area contributed by atoms with Crippen LogP contribution in [-0.2, 0) is 0 Å². The zero-order valence-electron chi connectivity index (χ0n) is 17.8. The van der Waals surface area contributed by atoms with Crippen molar-refractivity contribution in [1.82, 2.24) is 20.4 Å². The Morgan fingerprint density at radius 3 is 2.46 bits per heavy atom. The van der Waals surface area contributed by atoms with Gasteiger partial charge < -0.3 is 20.4 Å². The highest BCUT2D eigenvalue weighted by atomic mass is 127. The second kappa shape index (κ2) is 11.2. The molecular weight excluding hydrogens is 463 g/mol. The van der Waals surface area contributed by atoms with Gasteiger partial charge in [0, 0.05) is 70.6 Å². The molecule has 0 radical (unpaired) electrons. The summed E-state index contributed by atoms with van der Waals surface area (Å²) in [5.41, 5.74) is 2.63. The van der Waals surface area contributed by atoms with Gasteiger partial charge in [-0.1, -0.05) is 17.7 Å². The molecule has 2 aliphatic heterocycles. The molecular formula is C21H37IN6. The number of anilines is 1. The van der Waals surface area contributed by atoms with Gasteiger partial charge in [-0.15, -0.1) is 24.0 Å². The summed E-state index contributed by atoms with van der Waals surface area (Å²) in [7, 11) is 4.07. The van der Waals surface area contributed by atoms with Crippen molar-refractivity contribution in [3.63, 3.8) is 0 Å². The third-order valence-electron chi connectivity index (χ3n) is 5.88. The number of rotatable bonds is 5. The monoisotopic (exact) mass is 500 g/mol. The van der Waals surface area contributed by atoms with Gasteiger partial charge in [0.2, 0.25) is 0 Å². The van der Waals surface area contributed by atoms with Gasteiger partial charge in [-0.05, 0) is 39.4 Å². The molecule has 0 amide bonds. The van der Waals surface area contributed by atoms with Crippen molar-refractivity contribution in [3.8, 4) is 0 Å². The van der Waals surface area contributed by atoms with Crippen molar-refractivity contribution in [2.45, 2.75) is 32.4 Å². The molecule has 2 aliphatic rings. The van der Waals surface area contributed by atoms with E-state index < -0.39 is 0 Å². The maximum Gasteiger partial charge on any atom is 0.191 e. The summed E-state index contributed by atoms with van der Waals surface area (Å²) in [5.74, 6) is 0.923. The van der Waals surface area contributed by atoms with E-state index >= 15 is 0 Å². The minimum atomic E-state index is 0. The fourth-order valence-electron chi connectivity index (χ4n) is 3.89. The first kappa shape index (κ1) is 23.2. The minimum Gasteiger partial charge on any atom is -0.369 e. The largest absolute Gasteiger partial charge is 0.369 e. The number of likely N-dealkylation sites (N-methyl/N-ethyl adjacent to an activating group) is 1. The van der Waals surface area contributed by atoms with Crippen molar-refractivity contribution in [2.24, 2.45) is 4.99 Å². The number of benzene rings is 1. The lowest BCUT2D eigenvalue weighted by molar-refractivity contribution is 0.120. The topological polar surface area (TPSA) is 46.1 Å². The molecule has 2 atom stereocenters. The van der Waals surface area contributed by atoms with Gasteiger partial charge >= 0.3 is 0 Å². The van der Waals surface area contributed by atoms with Crippen molar-refractivity contribution in [1.29, 1.82) is 0 Å². The minimum absolute atomic E-state index is 0. The van der Waals surface area contributed by atoms with Gasteiger partial charge in [-0.3, -0.25) is 9.89 Å². The first-order valence-electron chi connectivity index (χ1n) is 10.3. The zero-order chi connectivity index (χ0) is 19.2. The van der Waals surface area contributed by atoms with E-state index in [1.54, 1.807) is 0 Å². The van der Waals surface area contributed by atoms with Crippen molar-refractivity contribution < 1.29 is 0 Å². The molecule has 0 aromatic heterocycles.